The average molecular weight is 372 g/mol. The number of sulfonamides is 1. The lowest BCUT2D eigenvalue weighted by Gasteiger charge is -2.22. The first-order chi connectivity index (χ1) is 12.4. The highest BCUT2D eigenvalue weighted by molar-refractivity contribution is 7.92. The summed E-state index contributed by atoms with van der Waals surface area (Å²) < 4.78 is 27.5. The first kappa shape index (κ1) is 18.5. The molecule has 0 saturated heterocycles. The van der Waals surface area contributed by atoms with Gasteiger partial charge in [0.2, 0.25) is 0 Å². The van der Waals surface area contributed by atoms with Crippen LogP contribution in [-0.2, 0) is 10.0 Å². The van der Waals surface area contributed by atoms with E-state index in [1.165, 1.54) is 6.42 Å². The fraction of sp³-hybridized carbons (Fsp3) is 0.350. The van der Waals surface area contributed by atoms with Crippen LogP contribution in [0.25, 0.3) is 0 Å². The second kappa shape index (κ2) is 7.91. The van der Waals surface area contributed by atoms with E-state index in [0.717, 1.165) is 31.2 Å². The van der Waals surface area contributed by atoms with Crippen molar-refractivity contribution < 1.29 is 13.2 Å². The molecule has 0 spiro atoms. The van der Waals surface area contributed by atoms with E-state index < -0.39 is 10.0 Å². The van der Waals surface area contributed by atoms with E-state index in [4.69, 9.17) is 0 Å². The Balaban J connectivity index is 1.72. The van der Waals surface area contributed by atoms with Gasteiger partial charge in [0.15, 0.2) is 0 Å². The van der Waals surface area contributed by atoms with Gasteiger partial charge in [-0.1, -0.05) is 43.0 Å². The second-order valence-electron chi connectivity index (χ2n) is 6.81. The number of carbonyl (C=O) groups is 1. The van der Waals surface area contributed by atoms with E-state index in [-0.39, 0.29) is 16.8 Å². The number of amides is 1. The lowest BCUT2D eigenvalue weighted by molar-refractivity contribution is 0.0927. The normalized spacial score (nSPS) is 15.4. The van der Waals surface area contributed by atoms with E-state index in [1.54, 1.807) is 48.5 Å². The van der Waals surface area contributed by atoms with E-state index in [9.17, 15) is 13.2 Å². The van der Waals surface area contributed by atoms with Crippen LogP contribution in [-0.4, -0.2) is 20.4 Å². The van der Waals surface area contributed by atoms with Crippen molar-refractivity contribution in [2.75, 3.05) is 4.72 Å². The van der Waals surface area contributed by atoms with E-state index in [1.807, 2.05) is 6.92 Å². The molecular weight excluding hydrogens is 348 g/mol. The van der Waals surface area contributed by atoms with Gasteiger partial charge in [0.05, 0.1) is 4.90 Å². The van der Waals surface area contributed by atoms with Gasteiger partial charge in [0.25, 0.3) is 15.9 Å². The summed E-state index contributed by atoms with van der Waals surface area (Å²) in [4.78, 5) is 12.6. The highest BCUT2D eigenvalue weighted by Crippen LogP contribution is 2.20. The third-order valence-corrected chi connectivity index (χ3v) is 6.05. The minimum Gasteiger partial charge on any atom is -0.349 e. The largest absolute Gasteiger partial charge is 0.349 e. The molecule has 26 heavy (non-hydrogen) atoms. The summed E-state index contributed by atoms with van der Waals surface area (Å²) >= 11 is 0. The van der Waals surface area contributed by atoms with Crippen LogP contribution in [0, 0.1) is 6.92 Å². The molecule has 0 atom stereocenters. The van der Waals surface area contributed by atoms with Crippen molar-refractivity contribution >= 4 is 21.6 Å². The zero-order valence-corrected chi connectivity index (χ0v) is 15.7. The number of benzene rings is 2. The van der Waals surface area contributed by atoms with Gasteiger partial charge in [-0.05, 0) is 50.1 Å². The van der Waals surface area contributed by atoms with E-state index >= 15 is 0 Å². The zero-order valence-electron chi connectivity index (χ0n) is 14.9. The lowest BCUT2D eigenvalue weighted by Crippen LogP contribution is -2.36. The van der Waals surface area contributed by atoms with Crippen molar-refractivity contribution in [1.82, 2.24) is 5.32 Å². The highest BCUT2D eigenvalue weighted by atomic mass is 32.2. The first-order valence-corrected chi connectivity index (χ1v) is 10.4. The van der Waals surface area contributed by atoms with Crippen LogP contribution in [0.15, 0.2) is 53.4 Å². The molecule has 1 aliphatic carbocycles. The van der Waals surface area contributed by atoms with Gasteiger partial charge in [-0.15, -0.1) is 0 Å². The monoisotopic (exact) mass is 372 g/mol. The van der Waals surface area contributed by atoms with Gasteiger partial charge in [-0.2, -0.15) is 0 Å². The molecule has 3 rings (SSSR count). The number of anilines is 1. The molecule has 0 heterocycles. The standard InChI is InChI=1S/C20H24N2O3S/c1-15-10-12-19(13-11-15)26(24,25)22-18-9-5-6-16(14-18)20(23)21-17-7-3-2-4-8-17/h5-6,9-14,17,22H,2-4,7-8H2,1H3,(H,21,23). The van der Waals surface area contributed by atoms with E-state index in [2.05, 4.69) is 10.0 Å². The molecule has 0 radical (unpaired) electrons. The molecule has 0 bridgehead atoms. The number of aryl methyl sites for hydroxylation is 1. The Hall–Kier alpha value is -2.34. The second-order valence-corrected chi connectivity index (χ2v) is 8.49. The molecule has 0 aromatic heterocycles. The first-order valence-electron chi connectivity index (χ1n) is 8.94. The van der Waals surface area contributed by atoms with Crippen LogP contribution in [0.4, 0.5) is 5.69 Å². The summed E-state index contributed by atoms with van der Waals surface area (Å²) in [6, 6.07) is 13.4. The lowest BCUT2D eigenvalue weighted by atomic mass is 9.95. The fourth-order valence-corrected chi connectivity index (χ4v) is 4.22. The topological polar surface area (TPSA) is 75.3 Å². The number of nitrogens with one attached hydrogen (secondary N) is 2. The molecule has 0 unspecified atom stereocenters. The summed E-state index contributed by atoms with van der Waals surface area (Å²) in [7, 11) is -3.68. The number of hydrogen-bond donors (Lipinski definition) is 2. The van der Waals surface area contributed by atoms with Crippen molar-refractivity contribution in [3.8, 4) is 0 Å². The van der Waals surface area contributed by atoms with Gasteiger partial charge in [-0.25, -0.2) is 8.42 Å². The van der Waals surface area contributed by atoms with Gasteiger partial charge in [-0.3, -0.25) is 9.52 Å². The number of carbonyl (C=O) groups excluding carboxylic acids is 1. The van der Waals surface area contributed by atoms with Gasteiger partial charge in [0.1, 0.15) is 0 Å². The van der Waals surface area contributed by atoms with Gasteiger partial charge >= 0.3 is 0 Å². The Morgan fingerprint density at radius 2 is 1.69 bits per heavy atom. The summed E-state index contributed by atoms with van der Waals surface area (Å²) in [5.74, 6) is -0.159. The fourth-order valence-electron chi connectivity index (χ4n) is 3.17. The molecule has 1 amide bonds. The molecule has 2 N–H and O–H groups in total. The minimum absolute atomic E-state index is 0.159. The molecule has 6 heteroatoms. The zero-order chi connectivity index (χ0) is 18.6. The van der Waals surface area contributed by atoms with Crippen molar-refractivity contribution in [3.63, 3.8) is 0 Å². The molecule has 2 aromatic carbocycles. The van der Waals surface area contributed by atoms with Crippen molar-refractivity contribution in [3.05, 3.63) is 59.7 Å². The maximum atomic E-state index is 12.5. The Labute approximate surface area is 154 Å². The quantitative estimate of drug-likeness (QED) is 0.837. The molecule has 1 aliphatic rings. The molecular formula is C20H24N2O3S. The smallest absolute Gasteiger partial charge is 0.261 e. The molecule has 138 valence electrons. The van der Waals surface area contributed by atoms with Crippen LogP contribution >= 0.6 is 0 Å². The van der Waals surface area contributed by atoms with Crippen molar-refractivity contribution in [2.24, 2.45) is 0 Å². The van der Waals surface area contributed by atoms with Crippen LogP contribution < -0.4 is 10.0 Å². The molecule has 2 aromatic rings. The third-order valence-electron chi connectivity index (χ3n) is 4.65. The third kappa shape index (κ3) is 4.64. The molecule has 1 fully saturated rings. The SMILES string of the molecule is Cc1ccc(S(=O)(=O)Nc2cccc(C(=O)NC3CCCCC3)c2)cc1. The predicted octanol–water partition coefficient (Wildman–Crippen LogP) is 3.86. The minimum atomic E-state index is -3.68. The average Bonchev–Trinajstić information content (AvgIpc) is 2.63. The maximum absolute atomic E-state index is 12.5. The van der Waals surface area contributed by atoms with E-state index in [0.29, 0.717) is 11.3 Å². The van der Waals surface area contributed by atoms with Crippen LogP contribution in [0.2, 0.25) is 0 Å². The Bertz CT molecular complexity index is 870. The summed E-state index contributed by atoms with van der Waals surface area (Å²) in [6.07, 6.45) is 5.52. The highest BCUT2D eigenvalue weighted by Gasteiger charge is 2.18. The van der Waals surface area contributed by atoms with Gasteiger partial charge < -0.3 is 5.32 Å². The van der Waals surface area contributed by atoms with Crippen LogP contribution in [0.3, 0.4) is 0 Å². The Kier molecular flexibility index (Phi) is 5.61. The Morgan fingerprint density at radius 3 is 2.38 bits per heavy atom. The van der Waals surface area contributed by atoms with Crippen molar-refractivity contribution in [1.29, 1.82) is 0 Å². The molecule has 0 aliphatic heterocycles. The van der Waals surface area contributed by atoms with Gasteiger partial charge in [0, 0.05) is 17.3 Å². The van der Waals surface area contributed by atoms with Crippen LogP contribution in [0.1, 0.15) is 48.0 Å². The number of rotatable bonds is 5. The van der Waals surface area contributed by atoms with Crippen molar-refractivity contribution in [2.45, 2.75) is 50.0 Å². The summed E-state index contributed by atoms with van der Waals surface area (Å²) in [6.45, 7) is 1.90. The Morgan fingerprint density at radius 1 is 1.00 bits per heavy atom. The summed E-state index contributed by atoms with van der Waals surface area (Å²) in [5.41, 5.74) is 1.83. The number of hydrogen-bond acceptors (Lipinski definition) is 3. The predicted molar refractivity (Wildman–Crippen MR) is 103 cm³/mol. The molecule has 1 saturated carbocycles. The maximum Gasteiger partial charge on any atom is 0.261 e. The molecule has 5 nitrogen and oxygen atoms in total. The summed E-state index contributed by atoms with van der Waals surface area (Å²) in [5, 5.41) is 3.05. The van der Waals surface area contributed by atoms with Crippen LogP contribution in [0.5, 0.6) is 0 Å².